The van der Waals surface area contributed by atoms with Gasteiger partial charge in [0.1, 0.15) is 4.60 Å². The van der Waals surface area contributed by atoms with Crippen LogP contribution in [0.15, 0.2) is 10.7 Å². The predicted octanol–water partition coefficient (Wildman–Crippen LogP) is 2.12. The molecule has 0 aromatic carbocycles. The smallest absolute Gasteiger partial charge is 0.104 e. The van der Waals surface area contributed by atoms with E-state index in [1.165, 1.54) is 0 Å². The molecule has 0 amide bonds. The van der Waals surface area contributed by atoms with E-state index >= 15 is 0 Å². The molecule has 3 nitrogen and oxygen atoms in total. The highest BCUT2D eigenvalue weighted by molar-refractivity contribution is 9.10. The minimum absolute atomic E-state index is 0.169. The summed E-state index contributed by atoms with van der Waals surface area (Å²) in [6, 6.07) is 2.59. The lowest BCUT2D eigenvalue weighted by Crippen LogP contribution is -2.18. The maximum Gasteiger partial charge on any atom is 0.104 e. The molecule has 0 saturated heterocycles. The average Bonchev–Trinajstić information content (AvgIpc) is 2.29. The Bertz CT molecular complexity index is 278. The lowest BCUT2D eigenvalue weighted by molar-refractivity contribution is 0.514. The minimum atomic E-state index is 0.169. The monoisotopic (exact) mass is 245 g/mol. The Balaban J connectivity index is 2.82. The van der Waals surface area contributed by atoms with E-state index in [1.54, 1.807) is 0 Å². The maximum absolute atomic E-state index is 5.70. The van der Waals surface area contributed by atoms with Crippen molar-refractivity contribution in [3.8, 4) is 0 Å². The van der Waals surface area contributed by atoms with Gasteiger partial charge in [0.15, 0.2) is 0 Å². The molecule has 0 aliphatic carbocycles. The van der Waals surface area contributed by atoms with Gasteiger partial charge in [-0.15, -0.1) is 0 Å². The molecule has 1 atom stereocenters. The molecule has 0 aliphatic heterocycles. The van der Waals surface area contributed by atoms with Crippen LogP contribution < -0.4 is 5.73 Å². The van der Waals surface area contributed by atoms with Crippen molar-refractivity contribution in [2.24, 2.45) is 5.73 Å². The van der Waals surface area contributed by atoms with Crippen molar-refractivity contribution in [3.63, 3.8) is 0 Å². The molecule has 0 radical (unpaired) electrons. The Labute approximate surface area is 87.4 Å². The van der Waals surface area contributed by atoms with Crippen LogP contribution >= 0.6 is 15.9 Å². The van der Waals surface area contributed by atoms with Gasteiger partial charge in [-0.3, -0.25) is 4.68 Å². The van der Waals surface area contributed by atoms with Crippen molar-refractivity contribution < 1.29 is 0 Å². The molecule has 0 fully saturated rings. The maximum atomic E-state index is 5.70. The van der Waals surface area contributed by atoms with Crippen LogP contribution in [0, 0.1) is 0 Å². The van der Waals surface area contributed by atoms with Crippen LogP contribution in [0.5, 0.6) is 0 Å². The zero-order valence-electron chi connectivity index (χ0n) is 8.29. The largest absolute Gasteiger partial charge is 0.328 e. The predicted molar refractivity (Wildman–Crippen MR) is 57.7 cm³/mol. The van der Waals surface area contributed by atoms with E-state index in [1.807, 2.05) is 17.7 Å². The van der Waals surface area contributed by atoms with Crippen LogP contribution in [-0.4, -0.2) is 15.8 Å². The lowest BCUT2D eigenvalue weighted by atomic mass is 10.2. The molecule has 0 bridgehead atoms. The number of aromatic nitrogens is 2. The standard InChI is InChI=1S/C9H16BrN3/c1-6(2)13-9(10)5-8(12-13)4-7(3)11/h5-7H,4,11H2,1-3H3. The molecule has 1 heterocycles. The Morgan fingerprint density at radius 1 is 1.54 bits per heavy atom. The van der Waals surface area contributed by atoms with Crippen molar-refractivity contribution in [1.29, 1.82) is 0 Å². The van der Waals surface area contributed by atoms with Crippen molar-refractivity contribution >= 4 is 15.9 Å². The minimum Gasteiger partial charge on any atom is -0.328 e. The number of nitrogens with two attached hydrogens (primary N) is 1. The van der Waals surface area contributed by atoms with E-state index in [4.69, 9.17) is 5.73 Å². The fourth-order valence-corrected chi connectivity index (χ4v) is 1.96. The normalized spacial score (nSPS) is 13.7. The second-order valence-electron chi connectivity index (χ2n) is 3.68. The first-order valence-corrected chi connectivity index (χ1v) is 5.29. The van der Waals surface area contributed by atoms with E-state index in [2.05, 4.69) is 34.9 Å². The Hall–Kier alpha value is -0.350. The van der Waals surface area contributed by atoms with E-state index in [0.29, 0.717) is 6.04 Å². The third kappa shape index (κ3) is 2.81. The highest BCUT2D eigenvalue weighted by Crippen LogP contribution is 2.17. The van der Waals surface area contributed by atoms with Gasteiger partial charge in [-0.2, -0.15) is 5.10 Å². The van der Waals surface area contributed by atoms with Gasteiger partial charge in [-0.1, -0.05) is 0 Å². The third-order valence-corrected chi connectivity index (χ3v) is 2.35. The zero-order chi connectivity index (χ0) is 10.0. The second kappa shape index (κ2) is 4.24. The number of hydrogen-bond acceptors (Lipinski definition) is 2. The average molecular weight is 246 g/mol. The molecule has 1 aromatic rings. The van der Waals surface area contributed by atoms with Crippen LogP contribution in [0.3, 0.4) is 0 Å². The SMILES string of the molecule is CC(N)Cc1cc(Br)n(C(C)C)n1. The summed E-state index contributed by atoms with van der Waals surface area (Å²) in [5.41, 5.74) is 6.75. The summed E-state index contributed by atoms with van der Waals surface area (Å²) in [5, 5.41) is 4.44. The number of rotatable bonds is 3. The van der Waals surface area contributed by atoms with Gasteiger partial charge in [-0.05, 0) is 42.8 Å². The molecule has 1 rings (SSSR count). The van der Waals surface area contributed by atoms with E-state index in [-0.39, 0.29) is 6.04 Å². The summed E-state index contributed by atoms with van der Waals surface area (Å²) >= 11 is 3.47. The molecule has 4 heteroatoms. The van der Waals surface area contributed by atoms with Gasteiger partial charge in [0.2, 0.25) is 0 Å². The second-order valence-corrected chi connectivity index (χ2v) is 4.49. The van der Waals surface area contributed by atoms with Gasteiger partial charge < -0.3 is 5.73 Å². The van der Waals surface area contributed by atoms with Crippen LogP contribution in [0.1, 0.15) is 32.5 Å². The summed E-state index contributed by atoms with van der Waals surface area (Å²) in [5.74, 6) is 0. The molecule has 1 unspecified atom stereocenters. The van der Waals surface area contributed by atoms with Crippen molar-refractivity contribution in [2.45, 2.75) is 39.3 Å². The number of halogens is 1. The Morgan fingerprint density at radius 2 is 2.15 bits per heavy atom. The molecule has 2 N–H and O–H groups in total. The van der Waals surface area contributed by atoms with Crippen molar-refractivity contribution in [3.05, 3.63) is 16.4 Å². The fourth-order valence-electron chi connectivity index (χ4n) is 1.21. The van der Waals surface area contributed by atoms with Gasteiger partial charge in [0.25, 0.3) is 0 Å². The molecular weight excluding hydrogens is 230 g/mol. The first-order valence-electron chi connectivity index (χ1n) is 4.50. The Kier molecular flexibility index (Phi) is 3.50. The molecule has 74 valence electrons. The van der Waals surface area contributed by atoms with Crippen molar-refractivity contribution in [2.75, 3.05) is 0 Å². The summed E-state index contributed by atoms with van der Waals surface area (Å²) in [6.45, 7) is 6.20. The van der Waals surface area contributed by atoms with Gasteiger partial charge >= 0.3 is 0 Å². The molecule has 1 aromatic heterocycles. The van der Waals surface area contributed by atoms with Gasteiger partial charge in [-0.25, -0.2) is 0 Å². The molecule has 13 heavy (non-hydrogen) atoms. The summed E-state index contributed by atoms with van der Waals surface area (Å²) in [6.07, 6.45) is 0.832. The summed E-state index contributed by atoms with van der Waals surface area (Å²) in [4.78, 5) is 0. The first kappa shape index (κ1) is 10.7. The number of nitrogens with zero attached hydrogens (tertiary/aromatic N) is 2. The topological polar surface area (TPSA) is 43.8 Å². The Morgan fingerprint density at radius 3 is 2.54 bits per heavy atom. The summed E-state index contributed by atoms with van der Waals surface area (Å²) < 4.78 is 2.98. The van der Waals surface area contributed by atoms with E-state index < -0.39 is 0 Å². The molecule has 0 saturated carbocycles. The fraction of sp³-hybridized carbons (Fsp3) is 0.667. The van der Waals surface area contributed by atoms with E-state index in [0.717, 1.165) is 16.7 Å². The quantitative estimate of drug-likeness (QED) is 0.887. The molecule has 0 aliphatic rings. The first-order chi connectivity index (χ1) is 6.00. The molecular formula is C9H16BrN3. The van der Waals surface area contributed by atoms with Crippen LogP contribution in [0.25, 0.3) is 0 Å². The summed E-state index contributed by atoms with van der Waals surface area (Å²) in [7, 11) is 0. The van der Waals surface area contributed by atoms with E-state index in [9.17, 15) is 0 Å². The third-order valence-electron chi connectivity index (χ3n) is 1.76. The highest BCUT2D eigenvalue weighted by atomic mass is 79.9. The highest BCUT2D eigenvalue weighted by Gasteiger charge is 2.08. The van der Waals surface area contributed by atoms with Crippen molar-refractivity contribution in [1.82, 2.24) is 9.78 Å². The lowest BCUT2D eigenvalue weighted by Gasteiger charge is -2.06. The van der Waals surface area contributed by atoms with Crippen LogP contribution in [0.4, 0.5) is 0 Å². The van der Waals surface area contributed by atoms with Crippen LogP contribution in [0.2, 0.25) is 0 Å². The van der Waals surface area contributed by atoms with Gasteiger partial charge in [0.05, 0.1) is 5.69 Å². The zero-order valence-corrected chi connectivity index (χ0v) is 9.87. The molecule has 0 spiro atoms. The van der Waals surface area contributed by atoms with Crippen LogP contribution in [-0.2, 0) is 6.42 Å². The number of hydrogen-bond donors (Lipinski definition) is 1. The van der Waals surface area contributed by atoms with Gasteiger partial charge in [0, 0.05) is 18.5 Å².